The first-order valence-corrected chi connectivity index (χ1v) is 7.33. The first-order valence-electron chi connectivity index (χ1n) is 7.33. The molecule has 0 spiro atoms. The molecule has 1 atom stereocenters. The zero-order valence-electron chi connectivity index (χ0n) is 12.1. The van der Waals surface area contributed by atoms with Crippen LogP contribution in [0, 0.1) is 0 Å². The first-order chi connectivity index (χ1) is 10.6. The van der Waals surface area contributed by atoms with Gasteiger partial charge in [-0.3, -0.25) is 4.79 Å². The van der Waals surface area contributed by atoms with Crippen molar-refractivity contribution in [2.45, 2.75) is 12.3 Å². The quantitative estimate of drug-likeness (QED) is 0.947. The highest BCUT2D eigenvalue weighted by molar-refractivity contribution is 5.97. The summed E-state index contributed by atoms with van der Waals surface area (Å²) in [5.74, 6) is -0.757. The lowest BCUT2D eigenvalue weighted by Crippen LogP contribution is -2.28. The number of carbonyl (C=O) groups excluding carboxylic acids is 1. The van der Waals surface area contributed by atoms with Crippen LogP contribution < -0.4 is 0 Å². The molecule has 1 amide bonds. The van der Waals surface area contributed by atoms with E-state index in [1.54, 1.807) is 17.0 Å². The van der Waals surface area contributed by atoms with Crippen LogP contribution in [0.1, 0.15) is 38.6 Å². The van der Waals surface area contributed by atoms with E-state index in [0.29, 0.717) is 24.6 Å². The van der Waals surface area contributed by atoms with Gasteiger partial charge in [-0.2, -0.15) is 0 Å². The molecule has 1 aliphatic heterocycles. The van der Waals surface area contributed by atoms with E-state index in [4.69, 9.17) is 5.11 Å². The van der Waals surface area contributed by atoms with Crippen molar-refractivity contribution in [2.24, 2.45) is 0 Å². The molecule has 1 saturated heterocycles. The summed E-state index contributed by atoms with van der Waals surface area (Å²) in [7, 11) is 0. The van der Waals surface area contributed by atoms with Crippen molar-refractivity contribution >= 4 is 11.9 Å². The molecule has 1 fully saturated rings. The fourth-order valence-electron chi connectivity index (χ4n) is 2.91. The standard InChI is InChI=1S/C18H17NO3/c20-17(14-7-4-8-15(11-14)18(21)22)19-10-9-16(12-19)13-5-2-1-3-6-13/h1-8,11,16H,9-10,12H2,(H,21,22)/t16-/m0/s1. The Balaban J connectivity index is 1.74. The second kappa shape index (κ2) is 6.02. The Labute approximate surface area is 129 Å². The number of carboxylic acids is 1. The number of benzene rings is 2. The molecule has 1 heterocycles. The number of rotatable bonds is 3. The predicted molar refractivity (Wildman–Crippen MR) is 83.1 cm³/mol. The van der Waals surface area contributed by atoms with Gasteiger partial charge in [0.2, 0.25) is 0 Å². The molecule has 0 bridgehead atoms. The summed E-state index contributed by atoms with van der Waals surface area (Å²) in [6, 6.07) is 16.4. The van der Waals surface area contributed by atoms with Crippen molar-refractivity contribution in [1.82, 2.24) is 4.90 Å². The lowest BCUT2D eigenvalue weighted by atomic mass is 9.99. The Hall–Kier alpha value is -2.62. The fourth-order valence-corrected chi connectivity index (χ4v) is 2.91. The van der Waals surface area contributed by atoms with E-state index in [1.165, 1.54) is 17.7 Å². The van der Waals surface area contributed by atoms with Crippen molar-refractivity contribution in [2.75, 3.05) is 13.1 Å². The van der Waals surface area contributed by atoms with Gasteiger partial charge in [-0.1, -0.05) is 36.4 Å². The molecule has 0 radical (unpaired) electrons. The van der Waals surface area contributed by atoms with Gasteiger partial charge < -0.3 is 10.0 Å². The third kappa shape index (κ3) is 2.86. The van der Waals surface area contributed by atoms with Crippen LogP contribution in [0.3, 0.4) is 0 Å². The zero-order valence-corrected chi connectivity index (χ0v) is 12.1. The number of likely N-dealkylation sites (tertiary alicyclic amines) is 1. The molecule has 2 aromatic carbocycles. The second-order valence-corrected chi connectivity index (χ2v) is 5.53. The van der Waals surface area contributed by atoms with E-state index in [0.717, 1.165) is 6.42 Å². The number of amides is 1. The molecule has 0 unspecified atom stereocenters. The van der Waals surface area contributed by atoms with Crippen LogP contribution in [0.15, 0.2) is 54.6 Å². The molecule has 1 aliphatic rings. The Kier molecular flexibility index (Phi) is 3.92. The maximum Gasteiger partial charge on any atom is 0.335 e. The Morgan fingerprint density at radius 3 is 2.45 bits per heavy atom. The van der Waals surface area contributed by atoms with E-state index in [9.17, 15) is 9.59 Å². The molecule has 0 saturated carbocycles. The highest BCUT2D eigenvalue weighted by atomic mass is 16.4. The van der Waals surface area contributed by atoms with Gasteiger partial charge >= 0.3 is 5.97 Å². The summed E-state index contributed by atoms with van der Waals surface area (Å²) >= 11 is 0. The van der Waals surface area contributed by atoms with Crippen LogP contribution in [0.4, 0.5) is 0 Å². The van der Waals surface area contributed by atoms with Crippen molar-refractivity contribution in [3.63, 3.8) is 0 Å². The summed E-state index contributed by atoms with van der Waals surface area (Å²) in [4.78, 5) is 25.3. The maximum absolute atomic E-state index is 12.5. The van der Waals surface area contributed by atoms with E-state index < -0.39 is 5.97 Å². The molecular formula is C18H17NO3. The van der Waals surface area contributed by atoms with Gasteiger partial charge in [0.05, 0.1) is 5.56 Å². The van der Waals surface area contributed by atoms with E-state index >= 15 is 0 Å². The Morgan fingerprint density at radius 1 is 1.00 bits per heavy atom. The lowest BCUT2D eigenvalue weighted by Gasteiger charge is -2.17. The largest absolute Gasteiger partial charge is 0.478 e. The number of carbonyl (C=O) groups is 2. The highest BCUT2D eigenvalue weighted by Crippen LogP contribution is 2.28. The van der Waals surface area contributed by atoms with Gasteiger partial charge in [0.15, 0.2) is 0 Å². The number of hydrogen-bond donors (Lipinski definition) is 1. The van der Waals surface area contributed by atoms with E-state index in [1.807, 2.05) is 18.2 Å². The summed E-state index contributed by atoms with van der Waals surface area (Å²) in [6.45, 7) is 1.38. The normalized spacial score (nSPS) is 17.5. The molecule has 4 nitrogen and oxygen atoms in total. The molecule has 1 N–H and O–H groups in total. The fraction of sp³-hybridized carbons (Fsp3) is 0.222. The molecule has 4 heteroatoms. The second-order valence-electron chi connectivity index (χ2n) is 5.53. The van der Waals surface area contributed by atoms with Gasteiger partial charge in [0.1, 0.15) is 0 Å². The van der Waals surface area contributed by atoms with Crippen LogP contribution >= 0.6 is 0 Å². The van der Waals surface area contributed by atoms with Crippen molar-refractivity contribution < 1.29 is 14.7 Å². The van der Waals surface area contributed by atoms with Crippen LogP contribution in [-0.2, 0) is 0 Å². The van der Waals surface area contributed by atoms with Crippen LogP contribution in [0.2, 0.25) is 0 Å². The van der Waals surface area contributed by atoms with Crippen molar-refractivity contribution in [3.05, 3.63) is 71.3 Å². The molecule has 0 aliphatic carbocycles. The SMILES string of the molecule is O=C(O)c1cccc(C(=O)N2CC[C@H](c3ccccc3)C2)c1. The van der Waals surface area contributed by atoms with E-state index in [2.05, 4.69) is 12.1 Å². The Bertz CT molecular complexity index is 696. The van der Waals surface area contributed by atoms with Gasteiger partial charge in [-0.25, -0.2) is 4.79 Å². The van der Waals surface area contributed by atoms with Crippen molar-refractivity contribution in [3.8, 4) is 0 Å². The summed E-state index contributed by atoms with van der Waals surface area (Å²) in [5, 5.41) is 9.02. The topological polar surface area (TPSA) is 57.6 Å². The molecule has 22 heavy (non-hydrogen) atoms. The van der Waals surface area contributed by atoms with Gasteiger partial charge in [-0.05, 0) is 30.2 Å². The first kappa shape index (κ1) is 14.3. The minimum Gasteiger partial charge on any atom is -0.478 e. The molecule has 112 valence electrons. The van der Waals surface area contributed by atoms with Crippen LogP contribution in [-0.4, -0.2) is 35.0 Å². The summed E-state index contributed by atoms with van der Waals surface area (Å²) in [5.41, 5.74) is 1.83. The van der Waals surface area contributed by atoms with Crippen molar-refractivity contribution in [1.29, 1.82) is 0 Å². The van der Waals surface area contributed by atoms with Crippen LogP contribution in [0.5, 0.6) is 0 Å². The zero-order chi connectivity index (χ0) is 15.5. The number of hydrogen-bond acceptors (Lipinski definition) is 2. The predicted octanol–water partition coefficient (Wildman–Crippen LogP) is 3.01. The highest BCUT2D eigenvalue weighted by Gasteiger charge is 2.28. The molecular weight excluding hydrogens is 278 g/mol. The molecule has 0 aromatic heterocycles. The summed E-state index contributed by atoms with van der Waals surface area (Å²) in [6.07, 6.45) is 0.939. The smallest absolute Gasteiger partial charge is 0.335 e. The van der Waals surface area contributed by atoms with Gasteiger partial charge in [0.25, 0.3) is 5.91 Å². The average molecular weight is 295 g/mol. The molecule has 2 aromatic rings. The van der Waals surface area contributed by atoms with Gasteiger partial charge in [0, 0.05) is 24.6 Å². The number of carboxylic acid groups (broad SMARTS) is 1. The summed E-state index contributed by atoms with van der Waals surface area (Å²) < 4.78 is 0. The maximum atomic E-state index is 12.5. The minimum absolute atomic E-state index is 0.0958. The monoisotopic (exact) mass is 295 g/mol. The lowest BCUT2D eigenvalue weighted by molar-refractivity contribution is 0.0697. The Morgan fingerprint density at radius 2 is 1.73 bits per heavy atom. The number of aromatic carboxylic acids is 1. The third-order valence-electron chi connectivity index (χ3n) is 4.10. The van der Waals surface area contributed by atoms with Gasteiger partial charge in [-0.15, -0.1) is 0 Å². The number of nitrogens with zero attached hydrogens (tertiary/aromatic N) is 1. The third-order valence-corrected chi connectivity index (χ3v) is 4.10. The minimum atomic E-state index is -1.02. The van der Waals surface area contributed by atoms with E-state index in [-0.39, 0.29) is 11.5 Å². The molecule has 3 rings (SSSR count). The average Bonchev–Trinajstić information content (AvgIpc) is 3.05. The van der Waals surface area contributed by atoms with Crippen LogP contribution in [0.25, 0.3) is 0 Å².